The van der Waals surface area contributed by atoms with E-state index >= 15 is 0 Å². The summed E-state index contributed by atoms with van der Waals surface area (Å²) in [5.41, 5.74) is 1.02. The molecule has 4 heteroatoms. The number of hydrogen-bond donors (Lipinski definition) is 0. The Bertz CT molecular complexity index is 266. The summed E-state index contributed by atoms with van der Waals surface area (Å²) in [4.78, 5) is 0. The summed E-state index contributed by atoms with van der Waals surface area (Å²) in [5.74, 6) is 0. The second-order valence-electron chi connectivity index (χ2n) is 2.24. The van der Waals surface area contributed by atoms with Crippen molar-refractivity contribution in [1.29, 1.82) is 0 Å². The van der Waals surface area contributed by atoms with Crippen LogP contribution in [0.2, 0.25) is 0 Å². The monoisotopic (exact) mass is 149 g/mol. The van der Waals surface area contributed by atoms with E-state index in [0.29, 0.717) is 0 Å². The van der Waals surface area contributed by atoms with E-state index in [0.717, 1.165) is 12.1 Å². The standard InChI is InChI=1S/C7H7N3O/c1-2-8-10(3-1)5-7-4-9-11-6-7/h1-4,6H,5H2. The Hall–Kier alpha value is -1.58. The molecule has 2 aromatic rings. The van der Waals surface area contributed by atoms with Gasteiger partial charge in [-0.1, -0.05) is 5.16 Å². The van der Waals surface area contributed by atoms with Gasteiger partial charge in [0.2, 0.25) is 0 Å². The van der Waals surface area contributed by atoms with Crippen LogP contribution in [-0.2, 0) is 6.54 Å². The molecular formula is C7H7N3O. The molecule has 2 heterocycles. The highest BCUT2D eigenvalue weighted by molar-refractivity contribution is 5.00. The third-order valence-electron chi connectivity index (χ3n) is 1.39. The minimum absolute atomic E-state index is 0.719. The third kappa shape index (κ3) is 1.29. The van der Waals surface area contributed by atoms with Crippen molar-refractivity contribution in [3.63, 3.8) is 0 Å². The predicted molar refractivity (Wildman–Crippen MR) is 37.8 cm³/mol. The zero-order valence-corrected chi connectivity index (χ0v) is 5.84. The molecular weight excluding hydrogens is 142 g/mol. The lowest BCUT2D eigenvalue weighted by Crippen LogP contribution is -1.97. The molecule has 0 saturated heterocycles. The second-order valence-corrected chi connectivity index (χ2v) is 2.24. The summed E-state index contributed by atoms with van der Waals surface area (Å²) in [7, 11) is 0. The average molecular weight is 149 g/mol. The highest BCUT2D eigenvalue weighted by Gasteiger charge is 1.95. The van der Waals surface area contributed by atoms with Gasteiger partial charge in [-0.3, -0.25) is 4.68 Å². The summed E-state index contributed by atoms with van der Waals surface area (Å²) in [6.07, 6.45) is 6.93. The first-order valence-electron chi connectivity index (χ1n) is 3.31. The Morgan fingerprint density at radius 2 is 2.55 bits per heavy atom. The van der Waals surface area contributed by atoms with Crippen LogP contribution in [0.5, 0.6) is 0 Å². The topological polar surface area (TPSA) is 43.9 Å². The van der Waals surface area contributed by atoms with Crippen molar-refractivity contribution in [2.45, 2.75) is 6.54 Å². The largest absolute Gasteiger partial charge is 0.364 e. The minimum atomic E-state index is 0.719. The molecule has 0 saturated carbocycles. The van der Waals surface area contributed by atoms with Gasteiger partial charge in [0.1, 0.15) is 6.26 Å². The molecule has 0 aromatic carbocycles. The second kappa shape index (κ2) is 2.57. The number of hydrogen-bond acceptors (Lipinski definition) is 3. The van der Waals surface area contributed by atoms with Crippen molar-refractivity contribution in [3.05, 3.63) is 36.5 Å². The summed E-state index contributed by atoms with van der Waals surface area (Å²) in [6.45, 7) is 0.719. The molecule has 2 aromatic heterocycles. The zero-order chi connectivity index (χ0) is 7.52. The fourth-order valence-electron chi connectivity index (χ4n) is 0.886. The van der Waals surface area contributed by atoms with Crippen LogP contribution in [0.25, 0.3) is 0 Å². The summed E-state index contributed by atoms with van der Waals surface area (Å²) in [6, 6.07) is 1.88. The van der Waals surface area contributed by atoms with Crippen LogP contribution in [0.4, 0.5) is 0 Å². The van der Waals surface area contributed by atoms with Gasteiger partial charge in [0, 0.05) is 18.0 Å². The van der Waals surface area contributed by atoms with Crippen LogP contribution in [0.3, 0.4) is 0 Å². The van der Waals surface area contributed by atoms with Gasteiger partial charge in [-0.25, -0.2) is 0 Å². The van der Waals surface area contributed by atoms with E-state index in [1.165, 1.54) is 0 Å². The lowest BCUT2D eigenvalue weighted by Gasteiger charge is -1.94. The molecule has 0 atom stereocenters. The van der Waals surface area contributed by atoms with Crippen molar-refractivity contribution in [2.75, 3.05) is 0 Å². The fraction of sp³-hybridized carbons (Fsp3) is 0.143. The molecule has 0 fully saturated rings. The summed E-state index contributed by atoms with van der Waals surface area (Å²) >= 11 is 0. The maximum atomic E-state index is 4.67. The van der Waals surface area contributed by atoms with Crippen molar-refractivity contribution >= 4 is 0 Å². The van der Waals surface area contributed by atoms with Crippen molar-refractivity contribution < 1.29 is 4.52 Å². The Morgan fingerprint density at radius 3 is 3.18 bits per heavy atom. The predicted octanol–water partition coefficient (Wildman–Crippen LogP) is 0.919. The van der Waals surface area contributed by atoms with E-state index in [2.05, 4.69) is 14.8 Å². The van der Waals surface area contributed by atoms with Crippen LogP contribution in [0.1, 0.15) is 5.56 Å². The van der Waals surface area contributed by atoms with Crippen LogP contribution in [-0.4, -0.2) is 14.9 Å². The lowest BCUT2D eigenvalue weighted by molar-refractivity contribution is 0.418. The Morgan fingerprint density at radius 1 is 1.55 bits per heavy atom. The van der Waals surface area contributed by atoms with E-state index in [1.807, 2.05) is 16.9 Å². The van der Waals surface area contributed by atoms with Gasteiger partial charge in [0.05, 0.1) is 12.7 Å². The quantitative estimate of drug-likeness (QED) is 0.637. The van der Waals surface area contributed by atoms with Gasteiger partial charge in [-0.05, 0) is 6.07 Å². The average Bonchev–Trinajstić information content (AvgIpc) is 2.60. The Labute approximate surface area is 63.4 Å². The van der Waals surface area contributed by atoms with E-state index < -0.39 is 0 Å². The van der Waals surface area contributed by atoms with Gasteiger partial charge in [-0.15, -0.1) is 0 Å². The van der Waals surface area contributed by atoms with Crippen molar-refractivity contribution in [1.82, 2.24) is 14.9 Å². The molecule has 0 spiro atoms. The molecule has 0 unspecified atom stereocenters. The molecule has 11 heavy (non-hydrogen) atoms. The lowest BCUT2D eigenvalue weighted by atomic mass is 10.4. The molecule has 0 bridgehead atoms. The first-order chi connectivity index (χ1) is 5.45. The minimum Gasteiger partial charge on any atom is -0.364 e. The van der Waals surface area contributed by atoms with Crippen molar-refractivity contribution in [2.24, 2.45) is 0 Å². The number of aromatic nitrogens is 3. The van der Waals surface area contributed by atoms with E-state index in [1.54, 1.807) is 18.7 Å². The molecule has 56 valence electrons. The first kappa shape index (κ1) is 6.15. The molecule has 0 N–H and O–H groups in total. The van der Waals surface area contributed by atoms with Crippen LogP contribution >= 0.6 is 0 Å². The van der Waals surface area contributed by atoms with Gasteiger partial charge in [0.15, 0.2) is 0 Å². The third-order valence-corrected chi connectivity index (χ3v) is 1.39. The highest BCUT2D eigenvalue weighted by atomic mass is 16.5. The highest BCUT2D eigenvalue weighted by Crippen LogP contribution is 1.98. The molecule has 0 aliphatic rings. The van der Waals surface area contributed by atoms with Gasteiger partial charge >= 0.3 is 0 Å². The summed E-state index contributed by atoms with van der Waals surface area (Å²) < 4.78 is 6.48. The SMILES string of the molecule is c1cnn(Cc2cnoc2)c1. The van der Waals surface area contributed by atoms with Crippen molar-refractivity contribution in [3.8, 4) is 0 Å². The van der Waals surface area contributed by atoms with E-state index in [4.69, 9.17) is 0 Å². The maximum absolute atomic E-state index is 4.67. The van der Waals surface area contributed by atoms with E-state index in [9.17, 15) is 0 Å². The molecule has 0 amide bonds. The molecule has 2 rings (SSSR count). The van der Waals surface area contributed by atoms with Gasteiger partial charge < -0.3 is 4.52 Å². The van der Waals surface area contributed by atoms with Crippen LogP contribution < -0.4 is 0 Å². The zero-order valence-electron chi connectivity index (χ0n) is 5.84. The first-order valence-corrected chi connectivity index (χ1v) is 3.31. The molecule has 0 radical (unpaired) electrons. The molecule has 0 aliphatic heterocycles. The van der Waals surface area contributed by atoms with Crippen LogP contribution in [0, 0.1) is 0 Å². The number of nitrogens with zero attached hydrogens (tertiary/aromatic N) is 3. The fourth-order valence-corrected chi connectivity index (χ4v) is 0.886. The maximum Gasteiger partial charge on any atom is 0.128 e. The number of rotatable bonds is 2. The van der Waals surface area contributed by atoms with E-state index in [-0.39, 0.29) is 0 Å². The van der Waals surface area contributed by atoms with Gasteiger partial charge in [-0.2, -0.15) is 5.10 Å². The van der Waals surface area contributed by atoms with Crippen LogP contribution in [0.15, 0.2) is 35.4 Å². The molecule has 0 aliphatic carbocycles. The Kier molecular flexibility index (Phi) is 1.44. The van der Waals surface area contributed by atoms with Gasteiger partial charge in [0.25, 0.3) is 0 Å². The summed E-state index contributed by atoms with van der Waals surface area (Å²) in [5, 5.41) is 7.62. The smallest absolute Gasteiger partial charge is 0.128 e. The molecule has 4 nitrogen and oxygen atoms in total. The Balaban J connectivity index is 2.14. The normalized spacial score (nSPS) is 10.2.